The summed E-state index contributed by atoms with van der Waals surface area (Å²) in [4.78, 5) is 2.45. The largest absolute Gasteiger partial charge is 0.489 e. The van der Waals surface area contributed by atoms with Gasteiger partial charge in [0.05, 0.1) is 13.2 Å². The summed E-state index contributed by atoms with van der Waals surface area (Å²) in [7, 11) is 0. The van der Waals surface area contributed by atoms with Crippen LogP contribution in [0.25, 0.3) is 0 Å². The number of rotatable bonds is 5. The molecule has 0 spiro atoms. The Morgan fingerprint density at radius 3 is 2.46 bits per heavy atom. The monoisotopic (exact) mass is 389 g/mol. The van der Waals surface area contributed by atoms with Crippen molar-refractivity contribution in [2.45, 2.75) is 27.0 Å². The molecule has 1 aliphatic heterocycles. The highest BCUT2D eigenvalue weighted by Crippen LogP contribution is 2.25. The lowest BCUT2D eigenvalue weighted by Crippen LogP contribution is -2.35. The standard InChI is InChI=1S/C20H24BrNO2/c1-15-12-20(24-14-17-3-5-19(21)6-4-17)16(2)11-18(15)13-22-7-9-23-10-8-22/h3-6,11-12H,7-10,13-14H2,1-2H3. The van der Waals surface area contributed by atoms with E-state index < -0.39 is 0 Å². The van der Waals surface area contributed by atoms with Crippen molar-refractivity contribution in [1.29, 1.82) is 0 Å². The Morgan fingerprint density at radius 1 is 1.04 bits per heavy atom. The fourth-order valence-electron chi connectivity index (χ4n) is 2.92. The first-order valence-corrected chi connectivity index (χ1v) is 9.18. The van der Waals surface area contributed by atoms with Crippen LogP contribution in [0.15, 0.2) is 40.9 Å². The molecule has 3 nitrogen and oxygen atoms in total. The normalized spacial score (nSPS) is 15.5. The second-order valence-electron chi connectivity index (χ2n) is 6.35. The molecule has 0 saturated carbocycles. The van der Waals surface area contributed by atoms with Crippen molar-refractivity contribution >= 4 is 15.9 Å². The van der Waals surface area contributed by atoms with Crippen molar-refractivity contribution in [2.75, 3.05) is 26.3 Å². The Hall–Kier alpha value is -1.36. The highest BCUT2D eigenvalue weighted by atomic mass is 79.9. The van der Waals surface area contributed by atoms with Crippen molar-refractivity contribution < 1.29 is 9.47 Å². The average molecular weight is 390 g/mol. The van der Waals surface area contributed by atoms with E-state index in [-0.39, 0.29) is 0 Å². The van der Waals surface area contributed by atoms with Crippen LogP contribution in [-0.4, -0.2) is 31.2 Å². The first-order valence-electron chi connectivity index (χ1n) is 8.39. The van der Waals surface area contributed by atoms with Crippen LogP contribution >= 0.6 is 15.9 Å². The van der Waals surface area contributed by atoms with Gasteiger partial charge >= 0.3 is 0 Å². The Labute approximate surface area is 152 Å². The molecule has 0 bridgehead atoms. The second-order valence-corrected chi connectivity index (χ2v) is 7.26. The molecule has 0 unspecified atom stereocenters. The molecule has 0 aliphatic carbocycles. The van der Waals surface area contributed by atoms with Crippen molar-refractivity contribution in [1.82, 2.24) is 4.90 Å². The third-order valence-electron chi connectivity index (χ3n) is 4.44. The van der Waals surface area contributed by atoms with Crippen molar-refractivity contribution in [3.8, 4) is 5.75 Å². The molecule has 1 fully saturated rings. The summed E-state index contributed by atoms with van der Waals surface area (Å²) in [6.07, 6.45) is 0. The molecule has 2 aromatic rings. The number of hydrogen-bond acceptors (Lipinski definition) is 3. The van der Waals surface area contributed by atoms with Gasteiger partial charge in [-0.1, -0.05) is 34.1 Å². The minimum atomic E-state index is 0.594. The van der Waals surface area contributed by atoms with Gasteiger partial charge in [0.15, 0.2) is 0 Å². The first-order chi connectivity index (χ1) is 11.6. The highest BCUT2D eigenvalue weighted by molar-refractivity contribution is 9.10. The van der Waals surface area contributed by atoms with E-state index in [4.69, 9.17) is 9.47 Å². The fourth-order valence-corrected chi connectivity index (χ4v) is 3.18. The third kappa shape index (κ3) is 4.59. The van der Waals surface area contributed by atoms with E-state index in [1.165, 1.54) is 22.3 Å². The van der Waals surface area contributed by atoms with Crippen LogP contribution in [0.5, 0.6) is 5.75 Å². The van der Waals surface area contributed by atoms with Crippen LogP contribution in [0, 0.1) is 13.8 Å². The molecule has 0 amide bonds. The smallest absolute Gasteiger partial charge is 0.123 e. The summed E-state index contributed by atoms with van der Waals surface area (Å²) >= 11 is 3.46. The highest BCUT2D eigenvalue weighted by Gasteiger charge is 2.13. The molecule has 0 aromatic heterocycles. The summed E-state index contributed by atoms with van der Waals surface area (Å²) < 4.78 is 12.6. The lowest BCUT2D eigenvalue weighted by Gasteiger charge is -2.27. The Bertz CT molecular complexity index is 679. The van der Waals surface area contributed by atoms with Gasteiger partial charge in [0.25, 0.3) is 0 Å². The topological polar surface area (TPSA) is 21.7 Å². The van der Waals surface area contributed by atoms with Gasteiger partial charge in [0, 0.05) is 24.1 Å². The number of ether oxygens (including phenoxy) is 2. The molecule has 3 rings (SSSR count). The summed E-state index contributed by atoms with van der Waals surface area (Å²) in [6, 6.07) is 12.7. The Morgan fingerprint density at radius 2 is 1.75 bits per heavy atom. The lowest BCUT2D eigenvalue weighted by molar-refractivity contribution is 0.0341. The van der Waals surface area contributed by atoms with Gasteiger partial charge in [-0.2, -0.15) is 0 Å². The van der Waals surface area contributed by atoms with Gasteiger partial charge in [-0.25, -0.2) is 0 Å². The zero-order valence-electron chi connectivity index (χ0n) is 14.3. The number of halogens is 1. The van der Waals surface area contributed by atoms with Crippen molar-refractivity contribution in [3.05, 3.63) is 63.1 Å². The molecule has 1 heterocycles. The summed E-state index contributed by atoms with van der Waals surface area (Å²) in [5, 5.41) is 0. The van der Waals surface area contributed by atoms with Gasteiger partial charge in [0.1, 0.15) is 12.4 Å². The van der Waals surface area contributed by atoms with Crippen LogP contribution < -0.4 is 4.74 Å². The number of aryl methyl sites for hydroxylation is 2. The third-order valence-corrected chi connectivity index (χ3v) is 4.97. The maximum absolute atomic E-state index is 6.04. The van der Waals surface area contributed by atoms with Crippen LogP contribution in [0.2, 0.25) is 0 Å². The number of morpholine rings is 1. The molecule has 0 N–H and O–H groups in total. The minimum absolute atomic E-state index is 0.594. The van der Waals surface area contributed by atoms with E-state index in [1.54, 1.807) is 0 Å². The number of nitrogens with zero attached hydrogens (tertiary/aromatic N) is 1. The molecular formula is C20H24BrNO2. The molecular weight excluding hydrogens is 366 g/mol. The van der Waals surface area contributed by atoms with Crippen LogP contribution in [0.1, 0.15) is 22.3 Å². The van der Waals surface area contributed by atoms with Crippen LogP contribution in [0.3, 0.4) is 0 Å². The zero-order chi connectivity index (χ0) is 16.9. The molecule has 2 aromatic carbocycles. The van der Waals surface area contributed by atoms with Crippen molar-refractivity contribution in [2.24, 2.45) is 0 Å². The van der Waals surface area contributed by atoms with Crippen LogP contribution in [0.4, 0.5) is 0 Å². The first kappa shape index (κ1) is 17.5. The average Bonchev–Trinajstić information content (AvgIpc) is 2.59. The molecule has 1 aliphatic rings. The van der Waals surface area contributed by atoms with Gasteiger partial charge in [-0.15, -0.1) is 0 Å². The van der Waals surface area contributed by atoms with Gasteiger partial charge in [-0.05, 0) is 54.3 Å². The van der Waals surface area contributed by atoms with E-state index in [1.807, 2.05) is 12.1 Å². The second kappa shape index (κ2) is 8.15. The molecule has 24 heavy (non-hydrogen) atoms. The lowest BCUT2D eigenvalue weighted by atomic mass is 10.0. The SMILES string of the molecule is Cc1cc(OCc2ccc(Br)cc2)c(C)cc1CN1CCOCC1. The van der Waals surface area contributed by atoms with E-state index in [2.05, 4.69) is 58.9 Å². The predicted octanol–water partition coefficient (Wildman–Crippen LogP) is 4.48. The summed E-state index contributed by atoms with van der Waals surface area (Å²) in [5.74, 6) is 0.973. The fraction of sp³-hybridized carbons (Fsp3) is 0.400. The summed E-state index contributed by atoms with van der Waals surface area (Å²) in [5.41, 5.74) is 5.04. The molecule has 128 valence electrons. The maximum atomic E-state index is 6.04. The molecule has 0 radical (unpaired) electrons. The molecule has 0 atom stereocenters. The Kier molecular flexibility index (Phi) is 5.93. The van der Waals surface area contributed by atoms with E-state index in [9.17, 15) is 0 Å². The quantitative estimate of drug-likeness (QED) is 0.752. The Balaban J connectivity index is 1.66. The predicted molar refractivity (Wildman–Crippen MR) is 100 cm³/mol. The van der Waals surface area contributed by atoms with Gasteiger partial charge < -0.3 is 9.47 Å². The van der Waals surface area contributed by atoms with E-state index in [0.717, 1.165) is 43.1 Å². The van der Waals surface area contributed by atoms with Gasteiger partial charge in [-0.3, -0.25) is 4.90 Å². The summed E-state index contributed by atoms with van der Waals surface area (Å²) in [6.45, 7) is 9.58. The number of hydrogen-bond donors (Lipinski definition) is 0. The molecule has 4 heteroatoms. The van der Waals surface area contributed by atoms with E-state index >= 15 is 0 Å². The zero-order valence-corrected chi connectivity index (χ0v) is 15.9. The van der Waals surface area contributed by atoms with Crippen LogP contribution in [-0.2, 0) is 17.9 Å². The van der Waals surface area contributed by atoms with E-state index in [0.29, 0.717) is 6.61 Å². The molecule has 1 saturated heterocycles. The minimum Gasteiger partial charge on any atom is -0.489 e. The van der Waals surface area contributed by atoms with Crippen molar-refractivity contribution in [3.63, 3.8) is 0 Å². The van der Waals surface area contributed by atoms with Gasteiger partial charge in [0.2, 0.25) is 0 Å². The maximum Gasteiger partial charge on any atom is 0.123 e. The number of benzene rings is 2.